The Bertz CT molecular complexity index is 335. The topological polar surface area (TPSA) is 50.8 Å². The number of nitrogens with zero attached hydrogens (tertiary/aromatic N) is 1. The first-order chi connectivity index (χ1) is 11.2. The van der Waals surface area contributed by atoms with Crippen molar-refractivity contribution in [2.75, 3.05) is 46.4 Å². The number of piperazine rings is 1. The molecule has 2 bridgehead atoms. The third kappa shape index (κ3) is 4.71. The van der Waals surface area contributed by atoms with Crippen LogP contribution in [0.3, 0.4) is 0 Å². The Balaban J connectivity index is 0.000000615. The van der Waals surface area contributed by atoms with Gasteiger partial charge in [0.25, 0.3) is 0 Å². The normalized spacial score (nSPS) is 32.9. The third-order valence-electron chi connectivity index (χ3n) is 5.11. The van der Waals surface area contributed by atoms with E-state index in [1.54, 1.807) is 0 Å². The first kappa shape index (κ1) is 20.5. The average molecular weight is 324 g/mol. The van der Waals surface area contributed by atoms with Gasteiger partial charge in [-0.25, -0.2) is 0 Å². The molecule has 1 aliphatic carbocycles. The lowest BCUT2D eigenvalue weighted by molar-refractivity contribution is -0.208. The van der Waals surface area contributed by atoms with Crippen molar-refractivity contribution in [2.45, 2.75) is 52.0 Å². The first-order valence-corrected chi connectivity index (χ1v) is 8.91. The maximum Gasteiger partial charge on any atom is 0.314 e. The lowest BCUT2D eigenvalue weighted by atomic mass is 9.66. The van der Waals surface area contributed by atoms with Crippen LogP contribution in [0.15, 0.2) is 0 Å². The zero-order chi connectivity index (χ0) is 17.3. The van der Waals surface area contributed by atoms with E-state index in [1.807, 2.05) is 13.8 Å². The van der Waals surface area contributed by atoms with Gasteiger partial charge < -0.3 is 14.8 Å². The molecular formula is C17H33BN2O3. The van der Waals surface area contributed by atoms with E-state index in [9.17, 15) is 4.79 Å². The van der Waals surface area contributed by atoms with Crippen LogP contribution in [0.2, 0.25) is 6.82 Å². The molecule has 1 N–H and O–H groups in total. The molecule has 4 rings (SSSR count). The van der Waals surface area contributed by atoms with Gasteiger partial charge in [-0.1, -0.05) is 20.7 Å². The van der Waals surface area contributed by atoms with Crippen LogP contribution in [0.4, 0.5) is 0 Å². The number of fused-ring (bicyclic) bond motifs is 3. The minimum atomic E-state index is -0.347. The lowest BCUT2D eigenvalue weighted by Crippen LogP contribution is -2.60. The number of rotatable bonds is 3. The van der Waals surface area contributed by atoms with Crippen molar-refractivity contribution in [2.24, 2.45) is 5.41 Å². The molecule has 0 aromatic rings. The molecule has 5 nitrogen and oxygen atoms in total. The first-order valence-electron chi connectivity index (χ1n) is 8.91. The van der Waals surface area contributed by atoms with Crippen LogP contribution in [0.5, 0.6) is 0 Å². The van der Waals surface area contributed by atoms with Crippen molar-refractivity contribution in [3.05, 3.63) is 0 Å². The molecule has 3 heterocycles. The molecule has 4 aliphatic rings. The van der Waals surface area contributed by atoms with Gasteiger partial charge in [-0.3, -0.25) is 9.69 Å². The van der Waals surface area contributed by atoms with Gasteiger partial charge in [-0.2, -0.15) is 0 Å². The highest BCUT2D eigenvalue weighted by Crippen LogP contribution is 2.49. The Hall–Kier alpha value is -0.585. The average Bonchev–Trinajstić information content (AvgIpc) is 2.66. The molecule has 0 atom stereocenters. The second kappa shape index (κ2) is 9.65. The van der Waals surface area contributed by atoms with Gasteiger partial charge >= 0.3 is 5.97 Å². The predicted octanol–water partition coefficient (Wildman–Crippen LogP) is 1.62. The number of carbonyl (C=O) groups excluding carboxylic acids is 1. The maximum absolute atomic E-state index is 11.9. The highest BCUT2D eigenvalue weighted by Gasteiger charge is 2.54. The highest BCUT2D eigenvalue weighted by atomic mass is 16.5. The third-order valence-corrected chi connectivity index (χ3v) is 5.11. The number of hydrogen-bond acceptors (Lipinski definition) is 5. The largest absolute Gasteiger partial charge is 0.469 e. The molecule has 132 valence electrons. The summed E-state index contributed by atoms with van der Waals surface area (Å²) in [5.74, 6) is -0.0806. The molecule has 6 heteroatoms. The lowest BCUT2D eigenvalue weighted by Gasteiger charge is -2.53. The van der Waals surface area contributed by atoms with Crippen LogP contribution in [-0.4, -0.2) is 70.8 Å². The molecule has 0 aromatic carbocycles. The summed E-state index contributed by atoms with van der Waals surface area (Å²) in [6, 6.07) is 0. The van der Waals surface area contributed by atoms with Gasteiger partial charge in [0.15, 0.2) is 0 Å². The Morgan fingerprint density at radius 2 is 1.74 bits per heavy atom. The molecular weight excluding hydrogens is 291 g/mol. The number of carbonyl (C=O) groups is 1. The second-order valence-electron chi connectivity index (χ2n) is 6.27. The number of hydrogen-bond donors (Lipinski definition) is 1. The van der Waals surface area contributed by atoms with E-state index in [1.165, 1.54) is 13.9 Å². The van der Waals surface area contributed by atoms with Gasteiger partial charge in [0.05, 0.1) is 32.6 Å². The van der Waals surface area contributed by atoms with Crippen LogP contribution in [-0.2, 0) is 14.3 Å². The summed E-state index contributed by atoms with van der Waals surface area (Å²) in [7, 11) is 5.98. The van der Waals surface area contributed by atoms with Crippen molar-refractivity contribution in [1.82, 2.24) is 10.2 Å². The predicted molar refractivity (Wildman–Crippen MR) is 93.9 cm³/mol. The number of nitrogens with one attached hydrogen (secondary N) is 1. The summed E-state index contributed by atoms with van der Waals surface area (Å²) in [5, 5.41) is 3.38. The number of esters is 1. The summed E-state index contributed by atoms with van der Waals surface area (Å²) >= 11 is 0. The fourth-order valence-electron chi connectivity index (χ4n) is 3.72. The Labute approximate surface area is 142 Å². The molecule has 3 aliphatic heterocycles. The van der Waals surface area contributed by atoms with Crippen LogP contribution in [0, 0.1) is 5.41 Å². The van der Waals surface area contributed by atoms with Crippen molar-refractivity contribution in [3.63, 3.8) is 0 Å². The molecule has 23 heavy (non-hydrogen) atoms. The van der Waals surface area contributed by atoms with Gasteiger partial charge in [-0.05, 0) is 25.7 Å². The van der Waals surface area contributed by atoms with Crippen LogP contribution in [0.25, 0.3) is 0 Å². The smallest absolute Gasteiger partial charge is 0.314 e. The maximum atomic E-state index is 11.9. The molecule has 0 aromatic heterocycles. The summed E-state index contributed by atoms with van der Waals surface area (Å²) in [4.78, 5) is 14.4. The Morgan fingerprint density at radius 1 is 1.17 bits per heavy atom. The minimum absolute atomic E-state index is 0.00683. The van der Waals surface area contributed by atoms with Crippen LogP contribution in [0.1, 0.15) is 39.5 Å². The molecule has 0 unspecified atom stereocenters. The summed E-state index contributed by atoms with van der Waals surface area (Å²) in [5.41, 5.74) is -0.354. The van der Waals surface area contributed by atoms with E-state index in [2.05, 4.69) is 18.1 Å². The van der Waals surface area contributed by atoms with Crippen molar-refractivity contribution in [3.8, 4) is 0 Å². The summed E-state index contributed by atoms with van der Waals surface area (Å²) < 4.78 is 11.1. The van der Waals surface area contributed by atoms with E-state index in [0.29, 0.717) is 6.61 Å². The van der Waals surface area contributed by atoms with E-state index in [0.717, 1.165) is 58.4 Å². The quantitative estimate of drug-likeness (QED) is 0.632. The van der Waals surface area contributed by atoms with E-state index in [4.69, 9.17) is 9.47 Å². The van der Waals surface area contributed by atoms with Crippen LogP contribution < -0.4 is 5.32 Å². The SMILES string of the molecule is CC.COC(=O)C12CCC(CN3CCNCC3)(CC1)OC2.[B]C. The Kier molecular flexibility index (Phi) is 8.58. The monoisotopic (exact) mass is 324 g/mol. The van der Waals surface area contributed by atoms with Gasteiger partial charge in [-0.15, -0.1) is 0 Å². The van der Waals surface area contributed by atoms with Crippen molar-refractivity contribution in [1.29, 1.82) is 0 Å². The minimum Gasteiger partial charge on any atom is -0.469 e. The molecule has 1 saturated carbocycles. The summed E-state index contributed by atoms with van der Waals surface area (Å²) in [6.45, 7) is 11.4. The molecule has 0 amide bonds. The van der Waals surface area contributed by atoms with E-state index >= 15 is 0 Å². The van der Waals surface area contributed by atoms with E-state index < -0.39 is 0 Å². The van der Waals surface area contributed by atoms with Gasteiger partial charge in [0.1, 0.15) is 0 Å². The fourth-order valence-corrected chi connectivity index (χ4v) is 3.72. The van der Waals surface area contributed by atoms with Crippen molar-refractivity contribution >= 4 is 13.8 Å². The molecule has 0 spiro atoms. The second-order valence-corrected chi connectivity index (χ2v) is 6.27. The molecule has 2 radical (unpaired) electrons. The van der Waals surface area contributed by atoms with Crippen LogP contribution >= 0.6 is 0 Å². The van der Waals surface area contributed by atoms with Gasteiger partial charge in [0.2, 0.25) is 0 Å². The fraction of sp³-hybridized carbons (Fsp3) is 0.941. The zero-order valence-electron chi connectivity index (χ0n) is 15.3. The number of ether oxygens (including phenoxy) is 2. The Morgan fingerprint density at radius 3 is 2.17 bits per heavy atom. The highest BCUT2D eigenvalue weighted by molar-refractivity contribution is 6.05. The summed E-state index contributed by atoms with van der Waals surface area (Å²) in [6.07, 6.45) is 3.83. The zero-order valence-corrected chi connectivity index (χ0v) is 15.3. The molecule has 4 fully saturated rings. The standard InChI is InChI=1S/C14H24N2O3.C2H6.CH3B/c1-18-12(17)13-2-4-14(5-3-13,19-11-13)10-16-8-6-15-7-9-16;2*1-2/h15H,2-11H2,1H3;1-2H3;1H3. The van der Waals surface area contributed by atoms with E-state index in [-0.39, 0.29) is 17.0 Å². The molecule has 3 saturated heterocycles. The number of methoxy groups -OCH3 is 1. The van der Waals surface area contributed by atoms with Crippen molar-refractivity contribution < 1.29 is 14.3 Å². The van der Waals surface area contributed by atoms with Gasteiger partial charge in [0, 0.05) is 32.7 Å².